The maximum atomic E-state index is 4.09. The molecule has 0 aromatic carbocycles. The van der Waals surface area contributed by atoms with Crippen LogP contribution in [-0.2, 0) is 5.41 Å². The lowest BCUT2D eigenvalue weighted by atomic mass is 9.73. The zero-order chi connectivity index (χ0) is 12.5. The highest BCUT2D eigenvalue weighted by Gasteiger charge is 2.36. The van der Waals surface area contributed by atoms with E-state index in [-0.39, 0.29) is 5.41 Å². The first-order valence-corrected chi connectivity index (χ1v) is 6.50. The van der Waals surface area contributed by atoms with Crippen molar-refractivity contribution in [3.8, 4) is 0 Å². The van der Waals surface area contributed by atoms with Crippen molar-refractivity contribution in [1.29, 1.82) is 0 Å². The van der Waals surface area contributed by atoms with Gasteiger partial charge in [0.15, 0.2) is 5.82 Å². The molecule has 0 unspecified atom stereocenters. The van der Waals surface area contributed by atoms with E-state index in [0.717, 1.165) is 5.82 Å². The number of piperidine rings is 1. The predicted molar refractivity (Wildman–Crippen MR) is 66.6 cm³/mol. The van der Waals surface area contributed by atoms with Gasteiger partial charge in [-0.1, -0.05) is 13.8 Å². The first kappa shape index (κ1) is 12.5. The summed E-state index contributed by atoms with van der Waals surface area (Å²) in [4.78, 5) is 2.55. The van der Waals surface area contributed by atoms with Crippen LogP contribution in [0.4, 0.5) is 0 Å². The fraction of sp³-hybridized carbons (Fsp3) is 0.917. The molecule has 2 rings (SSSR count). The summed E-state index contributed by atoms with van der Waals surface area (Å²) in [5, 5.41) is 14.4. The largest absolute Gasteiger partial charge is 0.301 e. The number of rotatable bonds is 3. The van der Waals surface area contributed by atoms with Crippen LogP contribution in [0.25, 0.3) is 0 Å². The van der Waals surface area contributed by atoms with Crippen LogP contribution in [0.2, 0.25) is 0 Å². The molecule has 96 valence electrons. The molecule has 17 heavy (non-hydrogen) atoms. The van der Waals surface area contributed by atoms with Gasteiger partial charge in [-0.15, -0.1) is 5.10 Å². The molecule has 0 saturated carbocycles. The standard InChI is InChI=1S/C12H23N5/c1-9(2)17-7-5-10(6-8-17)12(3,4)11-13-15-16-14-11/h9-10H,5-8H2,1-4H3,(H,13,14,15,16). The minimum atomic E-state index is 0.0482. The molecule has 1 saturated heterocycles. The number of hydrogen-bond acceptors (Lipinski definition) is 4. The van der Waals surface area contributed by atoms with Crippen LogP contribution in [0.5, 0.6) is 0 Å². The molecule has 0 atom stereocenters. The fourth-order valence-corrected chi connectivity index (χ4v) is 2.76. The normalized spacial score (nSPS) is 20.1. The Morgan fingerprint density at radius 2 is 1.94 bits per heavy atom. The molecule has 0 bridgehead atoms. The number of H-pyrrole nitrogens is 1. The summed E-state index contributed by atoms with van der Waals surface area (Å²) in [6.45, 7) is 11.4. The minimum Gasteiger partial charge on any atom is -0.301 e. The van der Waals surface area contributed by atoms with E-state index in [1.165, 1.54) is 25.9 Å². The molecule has 2 heterocycles. The van der Waals surface area contributed by atoms with Crippen LogP contribution in [0, 0.1) is 5.92 Å². The molecule has 0 amide bonds. The highest BCUT2D eigenvalue weighted by Crippen LogP contribution is 2.36. The van der Waals surface area contributed by atoms with E-state index < -0.39 is 0 Å². The van der Waals surface area contributed by atoms with E-state index >= 15 is 0 Å². The monoisotopic (exact) mass is 237 g/mol. The molecular formula is C12H23N5. The van der Waals surface area contributed by atoms with Crippen molar-refractivity contribution in [2.45, 2.75) is 52.0 Å². The SMILES string of the molecule is CC(C)N1CCC(C(C)(C)c2nnn[nH]2)CC1. The van der Waals surface area contributed by atoms with Gasteiger partial charge in [0.05, 0.1) is 0 Å². The number of hydrogen-bond donors (Lipinski definition) is 1. The van der Waals surface area contributed by atoms with Crippen molar-refractivity contribution >= 4 is 0 Å². The highest BCUT2D eigenvalue weighted by atomic mass is 15.5. The number of nitrogens with zero attached hydrogens (tertiary/aromatic N) is 4. The van der Waals surface area contributed by atoms with Crippen molar-refractivity contribution in [3.63, 3.8) is 0 Å². The smallest absolute Gasteiger partial charge is 0.154 e. The molecule has 1 aromatic rings. The van der Waals surface area contributed by atoms with Crippen LogP contribution in [0.1, 0.15) is 46.4 Å². The Kier molecular flexibility index (Phi) is 3.47. The summed E-state index contributed by atoms with van der Waals surface area (Å²) in [6.07, 6.45) is 2.46. The summed E-state index contributed by atoms with van der Waals surface area (Å²) < 4.78 is 0. The Bertz CT molecular complexity index is 336. The molecule has 5 nitrogen and oxygen atoms in total. The van der Waals surface area contributed by atoms with Gasteiger partial charge in [-0.25, -0.2) is 5.10 Å². The number of aromatic nitrogens is 4. The first-order chi connectivity index (χ1) is 8.01. The molecular weight excluding hydrogens is 214 g/mol. The second kappa shape index (κ2) is 4.72. The fourth-order valence-electron chi connectivity index (χ4n) is 2.76. The lowest BCUT2D eigenvalue weighted by Crippen LogP contribution is -2.43. The molecule has 1 fully saturated rings. The number of tetrazole rings is 1. The quantitative estimate of drug-likeness (QED) is 0.867. The predicted octanol–water partition coefficient (Wildman–Crippen LogP) is 1.60. The van der Waals surface area contributed by atoms with Gasteiger partial charge in [0, 0.05) is 11.5 Å². The first-order valence-electron chi connectivity index (χ1n) is 6.50. The van der Waals surface area contributed by atoms with Crippen LogP contribution in [0.15, 0.2) is 0 Å². The van der Waals surface area contributed by atoms with Crippen molar-refractivity contribution < 1.29 is 0 Å². The van der Waals surface area contributed by atoms with Gasteiger partial charge in [-0.3, -0.25) is 0 Å². The molecule has 0 radical (unpaired) electrons. The van der Waals surface area contributed by atoms with Crippen LogP contribution in [0.3, 0.4) is 0 Å². The second-order valence-electron chi connectivity index (χ2n) is 5.88. The molecule has 1 aliphatic rings. The zero-order valence-corrected chi connectivity index (χ0v) is 11.3. The third kappa shape index (κ3) is 2.49. The number of nitrogens with one attached hydrogen (secondary N) is 1. The average molecular weight is 237 g/mol. The van der Waals surface area contributed by atoms with E-state index in [0.29, 0.717) is 12.0 Å². The maximum Gasteiger partial charge on any atom is 0.154 e. The molecule has 0 spiro atoms. The Labute approximate surface area is 103 Å². The Balaban J connectivity index is 2.01. The second-order valence-corrected chi connectivity index (χ2v) is 5.88. The number of likely N-dealkylation sites (tertiary alicyclic amines) is 1. The van der Waals surface area contributed by atoms with Crippen molar-refractivity contribution in [2.24, 2.45) is 5.92 Å². The van der Waals surface area contributed by atoms with Gasteiger partial charge in [0.1, 0.15) is 0 Å². The average Bonchev–Trinajstić information content (AvgIpc) is 2.83. The molecule has 0 aliphatic carbocycles. The lowest BCUT2D eigenvalue weighted by Gasteiger charge is -2.40. The summed E-state index contributed by atoms with van der Waals surface area (Å²) in [6, 6.07) is 0.658. The van der Waals surface area contributed by atoms with E-state index in [1.54, 1.807) is 0 Å². The summed E-state index contributed by atoms with van der Waals surface area (Å²) >= 11 is 0. The van der Waals surface area contributed by atoms with Gasteiger partial charge >= 0.3 is 0 Å². The van der Waals surface area contributed by atoms with Gasteiger partial charge in [-0.05, 0) is 56.1 Å². The Morgan fingerprint density at radius 3 is 2.41 bits per heavy atom. The van der Waals surface area contributed by atoms with Crippen LogP contribution >= 0.6 is 0 Å². The lowest BCUT2D eigenvalue weighted by molar-refractivity contribution is 0.113. The van der Waals surface area contributed by atoms with Crippen molar-refractivity contribution in [1.82, 2.24) is 25.5 Å². The minimum absolute atomic E-state index is 0.0482. The zero-order valence-electron chi connectivity index (χ0n) is 11.3. The topological polar surface area (TPSA) is 57.7 Å². The summed E-state index contributed by atoms with van der Waals surface area (Å²) in [5.41, 5.74) is 0.0482. The molecule has 5 heteroatoms. The third-order valence-electron chi connectivity index (χ3n) is 4.24. The van der Waals surface area contributed by atoms with Gasteiger partial charge in [0.25, 0.3) is 0 Å². The van der Waals surface area contributed by atoms with E-state index in [4.69, 9.17) is 0 Å². The van der Waals surface area contributed by atoms with E-state index in [2.05, 4.69) is 53.2 Å². The Morgan fingerprint density at radius 1 is 1.29 bits per heavy atom. The van der Waals surface area contributed by atoms with Crippen molar-refractivity contribution in [2.75, 3.05) is 13.1 Å². The van der Waals surface area contributed by atoms with Crippen molar-refractivity contribution in [3.05, 3.63) is 5.82 Å². The maximum absolute atomic E-state index is 4.09. The number of aromatic amines is 1. The van der Waals surface area contributed by atoms with Gasteiger partial charge in [0.2, 0.25) is 0 Å². The van der Waals surface area contributed by atoms with Gasteiger partial charge < -0.3 is 4.90 Å². The molecule has 1 N–H and O–H groups in total. The van der Waals surface area contributed by atoms with Crippen LogP contribution in [-0.4, -0.2) is 44.7 Å². The van der Waals surface area contributed by atoms with Crippen LogP contribution < -0.4 is 0 Å². The third-order valence-corrected chi connectivity index (χ3v) is 4.24. The summed E-state index contributed by atoms with van der Waals surface area (Å²) in [5.74, 6) is 1.58. The van der Waals surface area contributed by atoms with E-state index in [9.17, 15) is 0 Å². The van der Waals surface area contributed by atoms with E-state index in [1.807, 2.05) is 0 Å². The molecule has 1 aliphatic heterocycles. The summed E-state index contributed by atoms with van der Waals surface area (Å²) in [7, 11) is 0. The molecule has 1 aromatic heterocycles. The Hall–Kier alpha value is -0.970. The van der Waals surface area contributed by atoms with Gasteiger partial charge in [-0.2, -0.15) is 0 Å². The highest BCUT2D eigenvalue weighted by molar-refractivity contribution is 5.04.